The molecule has 1 heterocycles. The summed E-state index contributed by atoms with van der Waals surface area (Å²) in [6, 6.07) is 17.3. The number of nitrogens with one attached hydrogen (secondary N) is 1. The predicted octanol–water partition coefficient (Wildman–Crippen LogP) is 5.09. The van der Waals surface area contributed by atoms with Gasteiger partial charge in [-0.1, -0.05) is 23.7 Å². The summed E-state index contributed by atoms with van der Waals surface area (Å²) in [4.78, 5) is 16.2. The van der Waals surface area contributed by atoms with Crippen LogP contribution >= 0.6 is 11.6 Å². The van der Waals surface area contributed by atoms with Crippen molar-refractivity contribution in [1.29, 1.82) is 0 Å². The highest BCUT2D eigenvalue weighted by molar-refractivity contribution is 6.31. The summed E-state index contributed by atoms with van der Waals surface area (Å²) >= 11 is 6.20. The molecule has 7 heteroatoms. The Hall–Kier alpha value is -3.64. The number of hydrogen-bond donors (Lipinski definition) is 2. The van der Waals surface area contributed by atoms with E-state index < -0.39 is 5.92 Å². The highest BCUT2D eigenvalue weighted by atomic mass is 35.5. The second-order valence-electron chi connectivity index (χ2n) is 7.26. The summed E-state index contributed by atoms with van der Waals surface area (Å²) in [5.74, 6) is 1.14. The van der Waals surface area contributed by atoms with E-state index in [-0.39, 0.29) is 11.3 Å². The number of phenols is 1. The summed E-state index contributed by atoms with van der Waals surface area (Å²) in [5, 5.41) is 11.2. The van der Waals surface area contributed by atoms with Gasteiger partial charge in [-0.3, -0.25) is 4.79 Å². The van der Waals surface area contributed by atoms with Crippen molar-refractivity contribution >= 4 is 22.5 Å². The smallest absolute Gasteiger partial charge is 0.252 e. The van der Waals surface area contributed by atoms with E-state index in [1.54, 1.807) is 75.9 Å². The zero-order chi connectivity index (χ0) is 22.8. The molecule has 0 spiro atoms. The zero-order valence-corrected chi connectivity index (χ0v) is 18.6. The molecule has 0 saturated carbocycles. The van der Waals surface area contributed by atoms with Crippen LogP contribution in [0.25, 0.3) is 10.9 Å². The van der Waals surface area contributed by atoms with Crippen molar-refractivity contribution in [2.24, 2.45) is 0 Å². The van der Waals surface area contributed by atoms with E-state index >= 15 is 0 Å². The predicted molar refractivity (Wildman–Crippen MR) is 125 cm³/mol. The number of H-pyrrole nitrogens is 1. The highest BCUT2D eigenvalue weighted by Crippen LogP contribution is 2.44. The Morgan fingerprint density at radius 3 is 2.12 bits per heavy atom. The van der Waals surface area contributed by atoms with Gasteiger partial charge >= 0.3 is 0 Å². The van der Waals surface area contributed by atoms with Gasteiger partial charge in [0.15, 0.2) is 0 Å². The van der Waals surface area contributed by atoms with Crippen LogP contribution < -0.4 is 19.8 Å². The van der Waals surface area contributed by atoms with Crippen molar-refractivity contribution in [3.05, 3.63) is 92.7 Å². The third-order valence-corrected chi connectivity index (χ3v) is 5.65. The molecule has 0 aliphatic heterocycles. The molecular weight excluding hydrogens is 430 g/mol. The van der Waals surface area contributed by atoms with E-state index in [0.717, 1.165) is 10.9 Å². The molecule has 6 nitrogen and oxygen atoms in total. The average molecular weight is 452 g/mol. The molecule has 1 unspecified atom stereocenters. The van der Waals surface area contributed by atoms with E-state index in [1.165, 1.54) is 0 Å². The summed E-state index contributed by atoms with van der Waals surface area (Å²) in [7, 11) is 4.66. The van der Waals surface area contributed by atoms with E-state index in [9.17, 15) is 9.90 Å². The first-order valence-corrected chi connectivity index (χ1v) is 10.2. The third-order valence-electron chi connectivity index (χ3n) is 5.41. The molecule has 0 aliphatic carbocycles. The quantitative estimate of drug-likeness (QED) is 0.426. The second-order valence-corrected chi connectivity index (χ2v) is 7.69. The molecule has 0 fully saturated rings. The molecule has 0 saturated heterocycles. The fraction of sp³-hybridized carbons (Fsp3) is 0.160. The first-order chi connectivity index (χ1) is 15.4. The van der Waals surface area contributed by atoms with Crippen LogP contribution in [0.5, 0.6) is 23.0 Å². The van der Waals surface area contributed by atoms with Crippen molar-refractivity contribution in [2.75, 3.05) is 21.3 Å². The van der Waals surface area contributed by atoms with Crippen molar-refractivity contribution in [2.45, 2.75) is 5.92 Å². The first-order valence-electron chi connectivity index (χ1n) is 9.86. The van der Waals surface area contributed by atoms with Crippen molar-refractivity contribution in [1.82, 2.24) is 4.98 Å². The van der Waals surface area contributed by atoms with Gasteiger partial charge in [0.2, 0.25) is 0 Å². The Kier molecular flexibility index (Phi) is 5.97. The van der Waals surface area contributed by atoms with Gasteiger partial charge in [0.05, 0.1) is 21.3 Å². The van der Waals surface area contributed by atoms with Crippen LogP contribution in [0, 0.1) is 0 Å². The van der Waals surface area contributed by atoms with Crippen LogP contribution in [0.2, 0.25) is 5.02 Å². The molecular formula is C25H22ClNO5. The molecule has 164 valence electrons. The molecule has 0 amide bonds. The molecule has 0 bridgehead atoms. The average Bonchev–Trinajstić information content (AvgIpc) is 2.80. The maximum absolute atomic E-state index is 13.3. The number of aromatic amines is 1. The fourth-order valence-electron chi connectivity index (χ4n) is 3.89. The molecule has 4 rings (SSSR count). The maximum atomic E-state index is 13.3. The van der Waals surface area contributed by atoms with Gasteiger partial charge in [0.1, 0.15) is 23.0 Å². The van der Waals surface area contributed by atoms with Gasteiger partial charge in [0.25, 0.3) is 5.56 Å². The van der Waals surface area contributed by atoms with Crippen molar-refractivity contribution in [3.8, 4) is 23.0 Å². The minimum Gasteiger partial charge on any atom is -0.508 e. The Labute approximate surface area is 190 Å². The summed E-state index contributed by atoms with van der Waals surface area (Å²) in [6.45, 7) is 0. The number of aromatic nitrogens is 1. The van der Waals surface area contributed by atoms with Crippen molar-refractivity contribution in [3.63, 3.8) is 0 Å². The zero-order valence-electron chi connectivity index (χ0n) is 17.8. The summed E-state index contributed by atoms with van der Waals surface area (Å²) in [6.07, 6.45) is 0. The number of phenolic OH excluding ortho intramolecular Hbond substituents is 1. The summed E-state index contributed by atoms with van der Waals surface area (Å²) < 4.78 is 16.7. The van der Waals surface area contributed by atoms with Crippen molar-refractivity contribution < 1.29 is 19.3 Å². The van der Waals surface area contributed by atoms with Gasteiger partial charge in [0, 0.05) is 39.7 Å². The number of fused-ring (bicyclic) bond motifs is 1. The van der Waals surface area contributed by atoms with E-state index in [1.807, 2.05) is 6.07 Å². The van der Waals surface area contributed by atoms with Crippen LogP contribution in [0.15, 0.2) is 65.5 Å². The lowest BCUT2D eigenvalue weighted by atomic mass is 9.84. The largest absolute Gasteiger partial charge is 0.508 e. The number of benzene rings is 3. The highest BCUT2D eigenvalue weighted by Gasteiger charge is 2.28. The lowest BCUT2D eigenvalue weighted by Crippen LogP contribution is -2.19. The summed E-state index contributed by atoms with van der Waals surface area (Å²) in [5.41, 5.74) is 2.34. The monoisotopic (exact) mass is 451 g/mol. The lowest BCUT2D eigenvalue weighted by molar-refractivity contribution is 0.368. The van der Waals surface area contributed by atoms with Gasteiger partial charge < -0.3 is 24.3 Å². The minimum absolute atomic E-state index is 0.125. The number of aromatic hydroxyl groups is 1. The molecule has 32 heavy (non-hydrogen) atoms. The third kappa shape index (κ3) is 3.97. The van der Waals surface area contributed by atoms with Gasteiger partial charge in [-0.05, 0) is 47.3 Å². The van der Waals surface area contributed by atoms with Crippen LogP contribution in [-0.2, 0) is 0 Å². The van der Waals surface area contributed by atoms with Gasteiger partial charge in [-0.25, -0.2) is 0 Å². The van der Waals surface area contributed by atoms with Crippen LogP contribution in [0.1, 0.15) is 22.6 Å². The van der Waals surface area contributed by atoms with E-state index in [4.69, 9.17) is 25.8 Å². The molecule has 4 aromatic rings. The number of hydrogen-bond acceptors (Lipinski definition) is 5. The second kappa shape index (κ2) is 8.85. The number of ether oxygens (including phenoxy) is 3. The van der Waals surface area contributed by atoms with E-state index in [2.05, 4.69) is 4.98 Å². The van der Waals surface area contributed by atoms with Crippen LogP contribution in [-0.4, -0.2) is 31.4 Å². The Morgan fingerprint density at radius 1 is 0.875 bits per heavy atom. The van der Waals surface area contributed by atoms with E-state index in [0.29, 0.717) is 38.9 Å². The molecule has 1 aromatic heterocycles. The van der Waals surface area contributed by atoms with Gasteiger partial charge in [-0.2, -0.15) is 0 Å². The number of pyridine rings is 1. The topological polar surface area (TPSA) is 80.8 Å². The standard InChI is InChI=1S/C25H22ClNO5/c1-30-18-12-21(31-2)24(22(13-18)32-3)23(14-4-7-17(28)8-5-14)19-11-15-10-16(26)6-9-20(15)27-25(19)29/h4-13,23,28H,1-3H3,(H,27,29). The molecule has 0 aliphatic rings. The Bertz CT molecular complexity index is 1310. The number of rotatable bonds is 6. The van der Waals surface area contributed by atoms with Crippen LogP contribution in [0.4, 0.5) is 0 Å². The minimum atomic E-state index is -0.557. The first kappa shape index (κ1) is 21.6. The molecule has 2 N–H and O–H groups in total. The maximum Gasteiger partial charge on any atom is 0.252 e. The Morgan fingerprint density at radius 2 is 1.53 bits per heavy atom. The normalized spacial score (nSPS) is 11.9. The SMILES string of the molecule is COc1cc(OC)c(C(c2ccc(O)cc2)c2cc3cc(Cl)ccc3[nH]c2=O)c(OC)c1. The Balaban J connectivity index is 2.06. The van der Waals surface area contributed by atoms with Crippen LogP contribution in [0.3, 0.4) is 0 Å². The lowest BCUT2D eigenvalue weighted by Gasteiger charge is -2.24. The fourth-order valence-corrected chi connectivity index (χ4v) is 4.08. The number of halogens is 1. The molecule has 0 radical (unpaired) electrons. The van der Waals surface area contributed by atoms with Gasteiger partial charge in [-0.15, -0.1) is 0 Å². The number of methoxy groups -OCH3 is 3. The molecule has 3 aromatic carbocycles. The molecule has 1 atom stereocenters.